The molecule has 0 unspecified atom stereocenters. The van der Waals surface area contributed by atoms with Crippen molar-refractivity contribution in [1.82, 2.24) is 5.32 Å². The van der Waals surface area contributed by atoms with Crippen molar-refractivity contribution in [3.63, 3.8) is 0 Å². The average Bonchev–Trinajstić information content (AvgIpc) is 2.78. The predicted molar refractivity (Wildman–Crippen MR) is 114 cm³/mol. The number of halogens is 3. The van der Waals surface area contributed by atoms with Gasteiger partial charge in [0.15, 0.2) is 0 Å². The van der Waals surface area contributed by atoms with Gasteiger partial charge in [-0.3, -0.25) is 0 Å². The maximum Gasteiger partial charge on any atom is 0.416 e. The standard InChI is InChI=1S/C24H21F3N2O3/c25-24(26,27)19-11-13-20(14-12-19)28-23(31)29-21(15-17-7-3-1-4-8-17)22(30)32-16-18-9-5-2-6-10-18/h1-14,21H,15-16H2,(H2,28,29,31)/t21-/m0/s1. The van der Waals surface area contributed by atoms with E-state index in [2.05, 4.69) is 10.6 Å². The van der Waals surface area contributed by atoms with Crippen molar-refractivity contribution in [2.24, 2.45) is 0 Å². The number of anilines is 1. The van der Waals surface area contributed by atoms with Crippen LogP contribution in [0.3, 0.4) is 0 Å². The van der Waals surface area contributed by atoms with Gasteiger partial charge in [0.25, 0.3) is 0 Å². The highest BCUT2D eigenvalue weighted by molar-refractivity contribution is 5.92. The summed E-state index contributed by atoms with van der Waals surface area (Å²) in [5.74, 6) is -0.625. The number of urea groups is 1. The van der Waals surface area contributed by atoms with Crippen LogP contribution in [0.25, 0.3) is 0 Å². The summed E-state index contributed by atoms with van der Waals surface area (Å²) in [6, 6.07) is 20.5. The van der Waals surface area contributed by atoms with Crippen molar-refractivity contribution in [2.45, 2.75) is 25.2 Å². The molecule has 0 aliphatic carbocycles. The van der Waals surface area contributed by atoms with E-state index >= 15 is 0 Å². The Morgan fingerprint density at radius 3 is 1.94 bits per heavy atom. The first-order chi connectivity index (χ1) is 15.3. The minimum absolute atomic E-state index is 0.0488. The Morgan fingerprint density at radius 1 is 0.812 bits per heavy atom. The highest BCUT2D eigenvalue weighted by atomic mass is 19.4. The molecule has 0 fully saturated rings. The summed E-state index contributed by atoms with van der Waals surface area (Å²) in [4.78, 5) is 25.1. The Balaban J connectivity index is 1.65. The molecule has 1 atom stereocenters. The number of ether oxygens (including phenoxy) is 1. The van der Waals surface area contributed by atoms with Crippen molar-refractivity contribution in [3.05, 3.63) is 102 Å². The SMILES string of the molecule is O=C(Nc1ccc(C(F)(F)F)cc1)N[C@@H](Cc1ccccc1)C(=O)OCc1ccccc1. The molecule has 0 saturated heterocycles. The highest BCUT2D eigenvalue weighted by Crippen LogP contribution is 2.29. The summed E-state index contributed by atoms with van der Waals surface area (Å²) in [6.07, 6.45) is -4.28. The fourth-order valence-corrected chi connectivity index (χ4v) is 2.94. The number of amides is 2. The lowest BCUT2D eigenvalue weighted by atomic mass is 10.1. The zero-order valence-corrected chi connectivity index (χ0v) is 16.9. The van der Waals surface area contributed by atoms with Crippen molar-refractivity contribution >= 4 is 17.7 Å². The molecule has 2 N–H and O–H groups in total. The Hall–Kier alpha value is -3.81. The number of carbonyl (C=O) groups excluding carboxylic acids is 2. The van der Waals surface area contributed by atoms with Crippen LogP contribution in [0.15, 0.2) is 84.9 Å². The topological polar surface area (TPSA) is 67.4 Å². The van der Waals surface area contributed by atoms with Gasteiger partial charge in [-0.15, -0.1) is 0 Å². The average molecular weight is 442 g/mol. The van der Waals surface area contributed by atoms with Crippen molar-refractivity contribution < 1.29 is 27.5 Å². The van der Waals surface area contributed by atoms with E-state index in [4.69, 9.17) is 4.74 Å². The first-order valence-electron chi connectivity index (χ1n) is 9.80. The summed E-state index contributed by atoms with van der Waals surface area (Å²) in [5, 5.41) is 4.99. The molecule has 0 radical (unpaired) electrons. The lowest BCUT2D eigenvalue weighted by Crippen LogP contribution is -2.45. The number of nitrogens with one attached hydrogen (secondary N) is 2. The molecule has 0 saturated carbocycles. The second-order valence-corrected chi connectivity index (χ2v) is 7.01. The minimum Gasteiger partial charge on any atom is -0.459 e. The molecule has 166 valence electrons. The van der Waals surface area contributed by atoms with Gasteiger partial charge >= 0.3 is 18.2 Å². The van der Waals surface area contributed by atoms with E-state index in [1.807, 2.05) is 60.7 Å². The zero-order valence-electron chi connectivity index (χ0n) is 16.9. The monoisotopic (exact) mass is 442 g/mol. The number of esters is 1. The van der Waals surface area contributed by atoms with Gasteiger partial charge in [-0.2, -0.15) is 13.2 Å². The first kappa shape index (κ1) is 22.9. The van der Waals surface area contributed by atoms with Crippen LogP contribution in [0.5, 0.6) is 0 Å². The van der Waals surface area contributed by atoms with Crippen LogP contribution in [0.2, 0.25) is 0 Å². The van der Waals surface area contributed by atoms with E-state index in [0.29, 0.717) is 0 Å². The molecule has 2 amide bonds. The molecule has 0 bridgehead atoms. The Labute approximate surface area is 183 Å². The van der Waals surface area contributed by atoms with Gasteiger partial charge in [0.2, 0.25) is 0 Å². The fourth-order valence-electron chi connectivity index (χ4n) is 2.94. The van der Waals surface area contributed by atoms with E-state index < -0.39 is 29.8 Å². The van der Waals surface area contributed by atoms with Crippen molar-refractivity contribution in [1.29, 1.82) is 0 Å². The van der Waals surface area contributed by atoms with E-state index in [1.165, 1.54) is 0 Å². The van der Waals surface area contributed by atoms with E-state index in [-0.39, 0.29) is 18.7 Å². The first-order valence-corrected chi connectivity index (χ1v) is 9.80. The van der Waals surface area contributed by atoms with E-state index in [9.17, 15) is 22.8 Å². The summed E-state index contributed by atoms with van der Waals surface area (Å²) in [6.45, 7) is 0.0488. The molecule has 3 rings (SSSR count). The van der Waals surface area contributed by atoms with Crippen LogP contribution < -0.4 is 10.6 Å². The molecule has 5 nitrogen and oxygen atoms in total. The van der Waals surface area contributed by atoms with Gasteiger partial charge < -0.3 is 15.4 Å². The highest BCUT2D eigenvalue weighted by Gasteiger charge is 2.30. The largest absolute Gasteiger partial charge is 0.459 e. The maximum absolute atomic E-state index is 12.7. The quantitative estimate of drug-likeness (QED) is 0.496. The maximum atomic E-state index is 12.7. The number of benzene rings is 3. The van der Waals surface area contributed by atoms with E-state index in [0.717, 1.165) is 35.4 Å². The number of hydrogen-bond donors (Lipinski definition) is 2. The molecule has 3 aromatic carbocycles. The molecule has 3 aromatic rings. The molecule has 0 heterocycles. The van der Waals surface area contributed by atoms with Crippen LogP contribution >= 0.6 is 0 Å². The van der Waals surface area contributed by atoms with Gasteiger partial charge in [-0.05, 0) is 35.4 Å². The second kappa shape index (κ2) is 10.5. The Kier molecular flexibility index (Phi) is 7.49. The molecule has 0 spiro atoms. The lowest BCUT2D eigenvalue weighted by molar-refractivity contribution is -0.147. The number of carbonyl (C=O) groups is 2. The summed E-state index contributed by atoms with van der Waals surface area (Å²) in [5.41, 5.74) is 0.944. The predicted octanol–water partition coefficient (Wildman–Crippen LogP) is 5.18. The van der Waals surface area contributed by atoms with Crippen LogP contribution in [-0.2, 0) is 28.7 Å². The second-order valence-electron chi connectivity index (χ2n) is 7.01. The van der Waals surface area contributed by atoms with Crippen LogP contribution in [0, 0.1) is 0 Å². The molecule has 8 heteroatoms. The van der Waals surface area contributed by atoms with Crippen LogP contribution in [0.1, 0.15) is 16.7 Å². The molecule has 32 heavy (non-hydrogen) atoms. The van der Waals surface area contributed by atoms with Crippen LogP contribution in [-0.4, -0.2) is 18.0 Å². The number of hydrogen-bond acceptors (Lipinski definition) is 3. The summed E-state index contributed by atoms with van der Waals surface area (Å²) >= 11 is 0. The van der Waals surface area contributed by atoms with Crippen molar-refractivity contribution in [2.75, 3.05) is 5.32 Å². The van der Waals surface area contributed by atoms with E-state index in [1.54, 1.807) is 0 Å². The molecular weight excluding hydrogens is 421 g/mol. The third-order valence-corrected chi connectivity index (χ3v) is 4.57. The zero-order chi connectivity index (χ0) is 23.0. The van der Waals surface area contributed by atoms with Gasteiger partial charge in [0.1, 0.15) is 12.6 Å². The summed E-state index contributed by atoms with van der Waals surface area (Å²) in [7, 11) is 0. The lowest BCUT2D eigenvalue weighted by Gasteiger charge is -2.18. The van der Waals surface area contributed by atoms with Crippen LogP contribution in [0.4, 0.5) is 23.7 Å². The number of alkyl halides is 3. The molecule has 0 aliphatic rings. The van der Waals surface area contributed by atoms with Gasteiger partial charge in [0.05, 0.1) is 5.56 Å². The fraction of sp³-hybridized carbons (Fsp3) is 0.167. The normalized spacial score (nSPS) is 12.0. The Morgan fingerprint density at radius 2 is 1.38 bits per heavy atom. The molecule has 0 aliphatic heterocycles. The smallest absolute Gasteiger partial charge is 0.416 e. The van der Waals surface area contributed by atoms with Gasteiger partial charge in [0, 0.05) is 12.1 Å². The third-order valence-electron chi connectivity index (χ3n) is 4.57. The third kappa shape index (κ3) is 6.87. The molecular formula is C24H21F3N2O3. The summed E-state index contributed by atoms with van der Waals surface area (Å²) < 4.78 is 43.4. The number of rotatable bonds is 7. The molecule has 0 aromatic heterocycles. The van der Waals surface area contributed by atoms with Gasteiger partial charge in [-0.1, -0.05) is 60.7 Å². The van der Waals surface area contributed by atoms with Gasteiger partial charge in [-0.25, -0.2) is 9.59 Å². The Bertz CT molecular complexity index is 1020. The van der Waals surface area contributed by atoms with Crippen molar-refractivity contribution in [3.8, 4) is 0 Å². The minimum atomic E-state index is -4.47.